The molecule has 3 nitrogen and oxygen atoms in total. The summed E-state index contributed by atoms with van der Waals surface area (Å²) in [5.41, 5.74) is 6.03. The van der Waals surface area contributed by atoms with Crippen LogP contribution in [0.4, 0.5) is 0 Å². The maximum absolute atomic E-state index is 6.03. The molecule has 0 radical (unpaired) electrons. The number of likely N-dealkylation sites (tertiary alicyclic amines) is 1. The average Bonchev–Trinajstić information content (AvgIpc) is 2.67. The number of furan rings is 1. The molecule has 1 aromatic heterocycles. The van der Waals surface area contributed by atoms with Crippen LogP contribution in [0.15, 0.2) is 22.8 Å². The second-order valence-corrected chi connectivity index (χ2v) is 4.75. The van der Waals surface area contributed by atoms with Gasteiger partial charge < -0.3 is 10.2 Å². The first-order chi connectivity index (χ1) is 7.16. The molecule has 84 valence electrons. The lowest BCUT2D eigenvalue weighted by Crippen LogP contribution is -2.47. The maximum Gasteiger partial charge on any atom is 0.120 e. The van der Waals surface area contributed by atoms with Crippen LogP contribution < -0.4 is 5.73 Å². The third-order valence-electron chi connectivity index (χ3n) is 3.22. The van der Waals surface area contributed by atoms with E-state index < -0.39 is 0 Å². The Morgan fingerprint density at radius 1 is 1.53 bits per heavy atom. The van der Waals surface area contributed by atoms with Gasteiger partial charge in [0, 0.05) is 19.1 Å². The fourth-order valence-corrected chi connectivity index (χ4v) is 2.47. The van der Waals surface area contributed by atoms with Crippen molar-refractivity contribution in [1.29, 1.82) is 0 Å². The van der Waals surface area contributed by atoms with E-state index in [0.29, 0.717) is 18.0 Å². The smallest absolute Gasteiger partial charge is 0.120 e. The third-order valence-corrected chi connectivity index (χ3v) is 3.22. The topological polar surface area (TPSA) is 42.4 Å². The van der Waals surface area contributed by atoms with Gasteiger partial charge in [-0.3, -0.25) is 4.90 Å². The van der Waals surface area contributed by atoms with E-state index >= 15 is 0 Å². The summed E-state index contributed by atoms with van der Waals surface area (Å²) in [6.45, 7) is 6.55. The lowest BCUT2D eigenvalue weighted by molar-refractivity contribution is 0.112. The molecule has 1 saturated heterocycles. The zero-order valence-corrected chi connectivity index (χ0v) is 9.52. The van der Waals surface area contributed by atoms with Gasteiger partial charge in [0.05, 0.1) is 12.3 Å². The van der Waals surface area contributed by atoms with Gasteiger partial charge in [0.15, 0.2) is 0 Å². The molecule has 1 fully saturated rings. The van der Waals surface area contributed by atoms with Crippen LogP contribution in [-0.2, 0) is 0 Å². The molecule has 1 aromatic rings. The highest BCUT2D eigenvalue weighted by molar-refractivity contribution is 5.04. The van der Waals surface area contributed by atoms with Crippen molar-refractivity contribution in [3.63, 3.8) is 0 Å². The van der Waals surface area contributed by atoms with Gasteiger partial charge in [0.25, 0.3) is 0 Å². The summed E-state index contributed by atoms with van der Waals surface area (Å²) in [5, 5.41) is 0. The molecule has 0 aliphatic carbocycles. The van der Waals surface area contributed by atoms with Gasteiger partial charge in [-0.05, 0) is 31.4 Å². The maximum atomic E-state index is 6.03. The van der Waals surface area contributed by atoms with Crippen molar-refractivity contribution < 1.29 is 4.42 Å². The van der Waals surface area contributed by atoms with Crippen LogP contribution in [0.1, 0.15) is 32.1 Å². The zero-order chi connectivity index (χ0) is 10.8. The van der Waals surface area contributed by atoms with E-state index in [0.717, 1.165) is 25.3 Å². The van der Waals surface area contributed by atoms with Crippen molar-refractivity contribution in [1.82, 2.24) is 4.90 Å². The van der Waals surface area contributed by atoms with E-state index in [1.807, 2.05) is 12.1 Å². The molecule has 3 atom stereocenters. The van der Waals surface area contributed by atoms with E-state index in [9.17, 15) is 0 Å². The predicted molar refractivity (Wildman–Crippen MR) is 60.5 cm³/mol. The molecule has 0 bridgehead atoms. The first-order valence-electron chi connectivity index (χ1n) is 5.70. The third kappa shape index (κ3) is 2.41. The number of piperidine rings is 1. The molecule has 0 aromatic carbocycles. The van der Waals surface area contributed by atoms with Crippen LogP contribution in [0.2, 0.25) is 0 Å². The minimum atomic E-state index is 0.311. The fourth-order valence-electron chi connectivity index (χ4n) is 2.47. The lowest BCUT2D eigenvalue weighted by atomic mass is 9.95. The lowest BCUT2D eigenvalue weighted by Gasteiger charge is -2.37. The standard InChI is InChI=1S/C12H20N2O/c1-9-6-11(13)8-14(7-9)10(2)12-4-3-5-15-12/h3-5,9-11H,6-8,13H2,1-2H3. The van der Waals surface area contributed by atoms with Crippen molar-refractivity contribution >= 4 is 0 Å². The van der Waals surface area contributed by atoms with Gasteiger partial charge in [-0.1, -0.05) is 6.92 Å². The Balaban J connectivity index is 2.03. The Bertz CT molecular complexity index is 287. The molecule has 3 unspecified atom stereocenters. The highest BCUT2D eigenvalue weighted by Gasteiger charge is 2.27. The number of nitrogens with two attached hydrogens (primary N) is 1. The minimum Gasteiger partial charge on any atom is -0.468 e. The molecule has 2 rings (SSSR count). The molecule has 1 aliphatic heterocycles. The fraction of sp³-hybridized carbons (Fsp3) is 0.667. The largest absolute Gasteiger partial charge is 0.468 e. The first-order valence-corrected chi connectivity index (χ1v) is 5.70. The minimum absolute atomic E-state index is 0.311. The SMILES string of the molecule is CC1CC(N)CN(C(C)c2ccco2)C1. The van der Waals surface area contributed by atoms with Gasteiger partial charge in [-0.25, -0.2) is 0 Å². The molecule has 0 amide bonds. The average molecular weight is 208 g/mol. The summed E-state index contributed by atoms with van der Waals surface area (Å²) in [6, 6.07) is 4.63. The normalized spacial score (nSPS) is 30.3. The predicted octanol–water partition coefficient (Wildman–Crippen LogP) is 2.01. The van der Waals surface area contributed by atoms with Crippen LogP contribution >= 0.6 is 0 Å². The van der Waals surface area contributed by atoms with Gasteiger partial charge >= 0.3 is 0 Å². The molecule has 15 heavy (non-hydrogen) atoms. The summed E-state index contributed by atoms with van der Waals surface area (Å²) < 4.78 is 5.44. The van der Waals surface area contributed by atoms with E-state index in [2.05, 4.69) is 18.7 Å². The zero-order valence-electron chi connectivity index (χ0n) is 9.52. The number of rotatable bonds is 2. The molecule has 3 heteroatoms. The van der Waals surface area contributed by atoms with Gasteiger partial charge in [-0.2, -0.15) is 0 Å². The van der Waals surface area contributed by atoms with Crippen molar-refractivity contribution in [3.05, 3.63) is 24.2 Å². The van der Waals surface area contributed by atoms with E-state index in [1.54, 1.807) is 6.26 Å². The summed E-state index contributed by atoms with van der Waals surface area (Å²) >= 11 is 0. The van der Waals surface area contributed by atoms with Crippen LogP contribution in [0, 0.1) is 5.92 Å². The molecule has 1 aliphatic rings. The van der Waals surface area contributed by atoms with Crippen molar-refractivity contribution in [2.75, 3.05) is 13.1 Å². The molecule has 2 N–H and O–H groups in total. The quantitative estimate of drug-likeness (QED) is 0.808. The Labute approximate surface area is 91.2 Å². The van der Waals surface area contributed by atoms with E-state index in [1.165, 1.54) is 0 Å². The Morgan fingerprint density at radius 2 is 2.33 bits per heavy atom. The Hall–Kier alpha value is -0.800. The van der Waals surface area contributed by atoms with Crippen molar-refractivity contribution in [2.24, 2.45) is 11.7 Å². The summed E-state index contributed by atoms with van der Waals surface area (Å²) in [5.74, 6) is 1.72. The molecular formula is C12H20N2O. The molecule has 0 spiro atoms. The van der Waals surface area contributed by atoms with Crippen LogP contribution in [0.3, 0.4) is 0 Å². The highest BCUT2D eigenvalue weighted by Crippen LogP contribution is 2.26. The molecule has 2 heterocycles. The van der Waals surface area contributed by atoms with Crippen molar-refractivity contribution in [2.45, 2.75) is 32.4 Å². The highest BCUT2D eigenvalue weighted by atomic mass is 16.3. The molecule has 0 saturated carbocycles. The summed E-state index contributed by atoms with van der Waals surface area (Å²) in [6.07, 6.45) is 2.88. The van der Waals surface area contributed by atoms with Gasteiger partial charge in [-0.15, -0.1) is 0 Å². The first kappa shape index (κ1) is 10.7. The van der Waals surface area contributed by atoms with E-state index in [4.69, 9.17) is 10.2 Å². The Kier molecular flexibility index (Phi) is 3.12. The second-order valence-electron chi connectivity index (χ2n) is 4.75. The van der Waals surface area contributed by atoms with Crippen LogP contribution in [-0.4, -0.2) is 24.0 Å². The van der Waals surface area contributed by atoms with Crippen LogP contribution in [0.25, 0.3) is 0 Å². The summed E-state index contributed by atoms with van der Waals surface area (Å²) in [7, 11) is 0. The van der Waals surface area contributed by atoms with Gasteiger partial charge in [0.1, 0.15) is 5.76 Å². The Morgan fingerprint density at radius 3 is 2.93 bits per heavy atom. The number of hydrogen-bond acceptors (Lipinski definition) is 3. The van der Waals surface area contributed by atoms with Crippen molar-refractivity contribution in [3.8, 4) is 0 Å². The van der Waals surface area contributed by atoms with Crippen LogP contribution in [0.5, 0.6) is 0 Å². The molecular weight excluding hydrogens is 188 g/mol. The van der Waals surface area contributed by atoms with E-state index in [-0.39, 0.29) is 0 Å². The van der Waals surface area contributed by atoms with Gasteiger partial charge in [0.2, 0.25) is 0 Å². The summed E-state index contributed by atoms with van der Waals surface area (Å²) in [4.78, 5) is 2.41. The monoisotopic (exact) mass is 208 g/mol. The number of nitrogens with zero attached hydrogens (tertiary/aromatic N) is 1. The number of hydrogen-bond donors (Lipinski definition) is 1. The second kappa shape index (κ2) is 4.37.